The molecule has 1 rings (SSSR count). The second-order valence-corrected chi connectivity index (χ2v) is 4.97. The van der Waals surface area contributed by atoms with Crippen molar-refractivity contribution >= 4 is 17.8 Å². The Morgan fingerprint density at radius 1 is 1.44 bits per heavy atom. The number of nitrogens with zero attached hydrogens (tertiary/aromatic N) is 1. The first kappa shape index (κ1) is 14.4. The van der Waals surface area contributed by atoms with Gasteiger partial charge in [-0.2, -0.15) is 0 Å². The third kappa shape index (κ3) is 3.19. The van der Waals surface area contributed by atoms with E-state index in [4.69, 9.17) is 16.6 Å². The van der Waals surface area contributed by atoms with Crippen molar-refractivity contribution in [3.63, 3.8) is 0 Å². The number of carboxylic acid groups (broad SMARTS) is 1. The van der Waals surface area contributed by atoms with Crippen LogP contribution in [0.4, 0.5) is 0 Å². The maximum absolute atomic E-state index is 11.9. The fraction of sp³-hybridized carbons (Fsp3) is 0.727. The van der Waals surface area contributed by atoms with Crippen LogP contribution in [0.15, 0.2) is 0 Å². The first-order valence-electron chi connectivity index (χ1n) is 5.82. The zero-order valence-corrected chi connectivity index (χ0v) is 10.4. The van der Waals surface area contributed by atoms with Gasteiger partial charge < -0.3 is 21.5 Å². The standard InChI is InChI=1S/C11H19N3O4/c1-11(10(13)18)4-5-14(6-11)9(17)7(12)2-3-8(15)16/h7H,2-6,12H2,1H3,(H2,13,18)(H,15,16). The first-order valence-corrected chi connectivity index (χ1v) is 5.82. The van der Waals surface area contributed by atoms with E-state index in [0.717, 1.165) is 0 Å². The maximum atomic E-state index is 11.9. The Morgan fingerprint density at radius 2 is 2.06 bits per heavy atom. The molecule has 18 heavy (non-hydrogen) atoms. The second-order valence-electron chi connectivity index (χ2n) is 4.97. The largest absolute Gasteiger partial charge is 0.481 e. The van der Waals surface area contributed by atoms with E-state index in [1.54, 1.807) is 6.92 Å². The summed E-state index contributed by atoms with van der Waals surface area (Å²) in [6.07, 6.45) is 0.464. The molecule has 7 nitrogen and oxygen atoms in total. The quantitative estimate of drug-likeness (QED) is 0.576. The predicted molar refractivity (Wildman–Crippen MR) is 63.3 cm³/mol. The van der Waals surface area contributed by atoms with E-state index in [2.05, 4.69) is 0 Å². The normalized spacial score (nSPS) is 24.9. The molecular formula is C11H19N3O4. The van der Waals surface area contributed by atoms with Gasteiger partial charge in [0.1, 0.15) is 0 Å². The molecule has 1 aliphatic rings. The van der Waals surface area contributed by atoms with Crippen LogP contribution in [0.25, 0.3) is 0 Å². The Hall–Kier alpha value is -1.63. The van der Waals surface area contributed by atoms with E-state index in [1.165, 1.54) is 4.90 Å². The molecule has 0 aromatic carbocycles. The highest BCUT2D eigenvalue weighted by Gasteiger charge is 2.41. The van der Waals surface area contributed by atoms with Gasteiger partial charge in [0.15, 0.2) is 0 Å². The molecule has 102 valence electrons. The van der Waals surface area contributed by atoms with Gasteiger partial charge in [-0.25, -0.2) is 0 Å². The molecule has 1 heterocycles. The highest BCUT2D eigenvalue weighted by atomic mass is 16.4. The van der Waals surface area contributed by atoms with E-state index < -0.39 is 23.3 Å². The van der Waals surface area contributed by atoms with Crippen LogP contribution in [0.3, 0.4) is 0 Å². The minimum Gasteiger partial charge on any atom is -0.481 e. The molecule has 1 fully saturated rings. The van der Waals surface area contributed by atoms with E-state index >= 15 is 0 Å². The molecule has 2 unspecified atom stereocenters. The smallest absolute Gasteiger partial charge is 0.303 e. The summed E-state index contributed by atoms with van der Waals surface area (Å²) in [6.45, 7) is 2.40. The van der Waals surface area contributed by atoms with Gasteiger partial charge >= 0.3 is 5.97 Å². The van der Waals surface area contributed by atoms with E-state index in [9.17, 15) is 14.4 Å². The summed E-state index contributed by atoms with van der Waals surface area (Å²) in [5, 5.41) is 8.52. The molecule has 0 aromatic rings. The minimum atomic E-state index is -0.985. The van der Waals surface area contributed by atoms with Crippen LogP contribution in [-0.4, -0.2) is 46.9 Å². The van der Waals surface area contributed by atoms with Gasteiger partial charge in [-0.1, -0.05) is 0 Å². The number of carbonyl (C=O) groups excluding carboxylic acids is 2. The molecule has 0 saturated carbocycles. The average Bonchev–Trinajstić information content (AvgIpc) is 2.69. The fourth-order valence-corrected chi connectivity index (χ4v) is 1.99. The van der Waals surface area contributed by atoms with Gasteiger partial charge in [0.2, 0.25) is 11.8 Å². The molecule has 0 radical (unpaired) electrons. The minimum absolute atomic E-state index is 0.0952. The van der Waals surface area contributed by atoms with Gasteiger partial charge in [0.05, 0.1) is 11.5 Å². The maximum Gasteiger partial charge on any atom is 0.303 e. The zero-order chi connectivity index (χ0) is 13.9. The van der Waals surface area contributed by atoms with Crippen molar-refractivity contribution in [3.05, 3.63) is 0 Å². The van der Waals surface area contributed by atoms with Crippen LogP contribution in [0.2, 0.25) is 0 Å². The van der Waals surface area contributed by atoms with Gasteiger partial charge in [-0.05, 0) is 19.8 Å². The van der Waals surface area contributed by atoms with E-state index in [0.29, 0.717) is 13.0 Å². The second kappa shape index (κ2) is 5.34. The fourth-order valence-electron chi connectivity index (χ4n) is 1.99. The number of rotatable bonds is 5. The number of aliphatic carboxylic acids is 1. The highest BCUT2D eigenvalue weighted by molar-refractivity contribution is 5.86. The van der Waals surface area contributed by atoms with Crippen LogP contribution < -0.4 is 11.5 Å². The Labute approximate surface area is 105 Å². The summed E-state index contributed by atoms with van der Waals surface area (Å²) in [5.41, 5.74) is 10.2. The summed E-state index contributed by atoms with van der Waals surface area (Å²) in [7, 11) is 0. The molecule has 0 bridgehead atoms. The van der Waals surface area contributed by atoms with Gasteiger partial charge in [0, 0.05) is 19.5 Å². The average molecular weight is 257 g/mol. The lowest BCUT2D eigenvalue weighted by Gasteiger charge is -2.23. The number of amides is 2. The van der Waals surface area contributed by atoms with Gasteiger partial charge in [0.25, 0.3) is 0 Å². The molecule has 2 atom stereocenters. The Morgan fingerprint density at radius 3 is 2.50 bits per heavy atom. The van der Waals surface area contributed by atoms with Crippen molar-refractivity contribution in [1.29, 1.82) is 0 Å². The topological polar surface area (TPSA) is 127 Å². The lowest BCUT2D eigenvalue weighted by atomic mass is 9.89. The number of hydrogen-bond acceptors (Lipinski definition) is 4. The summed E-state index contributed by atoms with van der Waals surface area (Å²) in [5.74, 6) is -1.74. The molecule has 0 aromatic heterocycles. The molecule has 2 amide bonds. The molecular weight excluding hydrogens is 238 g/mol. The van der Waals surface area contributed by atoms with Crippen LogP contribution in [0.5, 0.6) is 0 Å². The van der Waals surface area contributed by atoms with Gasteiger partial charge in [-0.3, -0.25) is 14.4 Å². The third-order valence-corrected chi connectivity index (χ3v) is 3.37. The summed E-state index contributed by atoms with van der Waals surface area (Å²) in [4.78, 5) is 35.1. The zero-order valence-electron chi connectivity index (χ0n) is 10.4. The van der Waals surface area contributed by atoms with Crippen LogP contribution in [-0.2, 0) is 14.4 Å². The van der Waals surface area contributed by atoms with Crippen molar-refractivity contribution in [1.82, 2.24) is 4.90 Å². The molecule has 1 aliphatic heterocycles. The number of carbonyl (C=O) groups is 3. The number of nitrogens with two attached hydrogens (primary N) is 2. The lowest BCUT2D eigenvalue weighted by molar-refractivity contribution is -0.137. The molecule has 0 spiro atoms. The van der Waals surface area contributed by atoms with Crippen LogP contribution >= 0.6 is 0 Å². The van der Waals surface area contributed by atoms with Crippen molar-refractivity contribution in [2.24, 2.45) is 16.9 Å². The molecule has 7 heteroatoms. The van der Waals surface area contributed by atoms with Crippen molar-refractivity contribution in [3.8, 4) is 0 Å². The summed E-state index contributed by atoms with van der Waals surface area (Å²) < 4.78 is 0. The number of primary amides is 1. The van der Waals surface area contributed by atoms with Crippen molar-refractivity contribution < 1.29 is 19.5 Å². The third-order valence-electron chi connectivity index (χ3n) is 3.37. The predicted octanol–water partition coefficient (Wildman–Crippen LogP) is -1.10. The molecule has 1 saturated heterocycles. The van der Waals surface area contributed by atoms with Gasteiger partial charge in [-0.15, -0.1) is 0 Å². The summed E-state index contributed by atoms with van der Waals surface area (Å²) >= 11 is 0. The molecule has 5 N–H and O–H groups in total. The van der Waals surface area contributed by atoms with Crippen LogP contribution in [0.1, 0.15) is 26.2 Å². The van der Waals surface area contributed by atoms with E-state index in [-0.39, 0.29) is 25.3 Å². The Balaban J connectivity index is 2.54. The van der Waals surface area contributed by atoms with Crippen molar-refractivity contribution in [2.75, 3.05) is 13.1 Å². The van der Waals surface area contributed by atoms with Crippen molar-refractivity contribution in [2.45, 2.75) is 32.2 Å². The molecule has 0 aliphatic carbocycles. The summed E-state index contributed by atoms with van der Waals surface area (Å²) in [6, 6.07) is -0.837. The van der Waals surface area contributed by atoms with E-state index in [1.807, 2.05) is 0 Å². The Bertz CT molecular complexity index is 371. The highest BCUT2D eigenvalue weighted by Crippen LogP contribution is 2.29. The number of likely N-dealkylation sites (tertiary alicyclic amines) is 1. The number of hydrogen-bond donors (Lipinski definition) is 3. The first-order chi connectivity index (χ1) is 8.26. The van der Waals surface area contributed by atoms with Crippen LogP contribution in [0, 0.1) is 5.41 Å². The Kier molecular flexibility index (Phi) is 4.28. The SMILES string of the molecule is CC1(C(N)=O)CCN(C(=O)C(N)CCC(=O)O)C1. The lowest BCUT2D eigenvalue weighted by Crippen LogP contribution is -2.45. The monoisotopic (exact) mass is 257 g/mol. The number of carboxylic acids is 1.